The van der Waals surface area contributed by atoms with Crippen LogP contribution in [0.2, 0.25) is 0 Å². The van der Waals surface area contributed by atoms with E-state index in [1.165, 1.54) is 11.1 Å². The maximum Gasteiger partial charge on any atom is 0.220 e. The van der Waals surface area contributed by atoms with Crippen LogP contribution in [0.25, 0.3) is 0 Å². The standard InChI is InChI=1S/C24H34N2O2S2/c1-23(2)12-20(26-22(28)7-5-19-9-11-30-15-19)13-24(3,16-23)17-25-21(27)6-4-18-8-10-29-14-18/h8-11,14-15,20H,4-7,12-13,16-17H2,1-3H3,(H,25,27)(H,26,28). The molecule has 1 aliphatic rings. The first-order valence-corrected chi connectivity index (χ1v) is 12.7. The predicted octanol–water partition coefficient (Wildman–Crippen LogP) is 5.19. The highest BCUT2D eigenvalue weighted by atomic mass is 32.1. The van der Waals surface area contributed by atoms with Gasteiger partial charge in [0, 0.05) is 25.4 Å². The Morgan fingerprint density at radius 1 is 0.967 bits per heavy atom. The molecule has 0 saturated heterocycles. The smallest absolute Gasteiger partial charge is 0.220 e. The lowest BCUT2D eigenvalue weighted by molar-refractivity contribution is -0.124. The highest BCUT2D eigenvalue weighted by Crippen LogP contribution is 2.45. The molecule has 164 valence electrons. The summed E-state index contributed by atoms with van der Waals surface area (Å²) in [6.07, 6.45) is 5.59. The minimum absolute atomic E-state index is 0.00883. The summed E-state index contributed by atoms with van der Waals surface area (Å²) >= 11 is 3.34. The second-order valence-corrected chi connectivity index (χ2v) is 11.4. The molecular weight excluding hydrogens is 412 g/mol. The average Bonchev–Trinajstić information content (AvgIpc) is 3.35. The third kappa shape index (κ3) is 7.24. The van der Waals surface area contributed by atoms with Gasteiger partial charge in [-0.25, -0.2) is 0 Å². The molecule has 3 rings (SSSR count). The second-order valence-electron chi connectivity index (χ2n) is 9.86. The zero-order valence-electron chi connectivity index (χ0n) is 18.3. The molecule has 2 heterocycles. The fourth-order valence-electron chi connectivity index (χ4n) is 4.96. The van der Waals surface area contributed by atoms with Crippen molar-refractivity contribution in [3.05, 3.63) is 44.8 Å². The Labute approximate surface area is 188 Å². The van der Waals surface area contributed by atoms with Gasteiger partial charge in [0.05, 0.1) is 0 Å². The lowest BCUT2D eigenvalue weighted by Gasteiger charge is -2.47. The summed E-state index contributed by atoms with van der Waals surface area (Å²) in [5, 5.41) is 14.7. The number of amides is 2. The van der Waals surface area contributed by atoms with E-state index in [1.807, 2.05) is 5.38 Å². The summed E-state index contributed by atoms with van der Waals surface area (Å²) in [6.45, 7) is 7.46. The molecular formula is C24H34N2O2S2. The first-order valence-electron chi connectivity index (χ1n) is 10.8. The minimum atomic E-state index is -0.00883. The lowest BCUT2D eigenvalue weighted by atomic mass is 9.62. The number of rotatable bonds is 9. The van der Waals surface area contributed by atoms with E-state index < -0.39 is 0 Å². The van der Waals surface area contributed by atoms with E-state index in [4.69, 9.17) is 0 Å². The van der Waals surface area contributed by atoms with Gasteiger partial charge in [-0.05, 0) is 87.7 Å². The van der Waals surface area contributed by atoms with Gasteiger partial charge >= 0.3 is 0 Å². The molecule has 6 heteroatoms. The molecule has 30 heavy (non-hydrogen) atoms. The van der Waals surface area contributed by atoms with Gasteiger partial charge in [-0.2, -0.15) is 22.7 Å². The molecule has 0 aromatic carbocycles. The average molecular weight is 447 g/mol. The van der Waals surface area contributed by atoms with Crippen molar-refractivity contribution in [2.24, 2.45) is 10.8 Å². The van der Waals surface area contributed by atoms with Crippen LogP contribution in [0.5, 0.6) is 0 Å². The Morgan fingerprint density at radius 2 is 1.57 bits per heavy atom. The molecule has 0 spiro atoms. The van der Waals surface area contributed by atoms with Gasteiger partial charge in [-0.3, -0.25) is 9.59 Å². The monoisotopic (exact) mass is 446 g/mol. The fourth-order valence-corrected chi connectivity index (χ4v) is 6.36. The Hall–Kier alpha value is -1.66. The fraction of sp³-hybridized carbons (Fsp3) is 0.583. The maximum atomic E-state index is 12.5. The second kappa shape index (κ2) is 10.1. The number of aryl methyl sites for hydroxylation is 2. The van der Waals surface area contributed by atoms with Gasteiger partial charge in [0.1, 0.15) is 0 Å². The van der Waals surface area contributed by atoms with E-state index in [0.29, 0.717) is 19.4 Å². The summed E-state index contributed by atoms with van der Waals surface area (Å²) in [5.41, 5.74) is 2.59. The van der Waals surface area contributed by atoms with E-state index in [-0.39, 0.29) is 28.7 Å². The van der Waals surface area contributed by atoms with Gasteiger partial charge in [0.25, 0.3) is 0 Å². The van der Waals surface area contributed by atoms with Crippen LogP contribution in [0.1, 0.15) is 64.0 Å². The third-order valence-electron chi connectivity index (χ3n) is 5.96. The molecule has 0 aliphatic heterocycles. The molecule has 0 radical (unpaired) electrons. The SMILES string of the molecule is CC1(C)CC(NC(=O)CCc2ccsc2)CC(C)(CNC(=O)CCc2ccsc2)C1. The number of carbonyl (C=O) groups is 2. The number of hydrogen-bond donors (Lipinski definition) is 2. The van der Waals surface area contributed by atoms with Crippen LogP contribution in [0.15, 0.2) is 33.7 Å². The van der Waals surface area contributed by atoms with E-state index in [9.17, 15) is 9.59 Å². The Kier molecular flexibility index (Phi) is 7.75. The highest BCUT2D eigenvalue weighted by Gasteiger charge is 2.41. The molecule has 4 nitrogen and oxygen atoms in total. The molecule has 1 saturated carbocycles. The molecule has 2 unspecified atom stereocenters. The van der Waals surface area contributed by atoms with Gasteiger partial charge in [-0.1, -0.05) is 20.8 Å². The minimum Gasteiger partial charge on any atom is -0.356 e. The van der Waals surface area contributed by atoms with Crippen LogP contribution in [0.3, 0.4) is 0 Å². The first kappa shape index (κ1) is 23.0. The number of carbonyl (C=O) groups excluding carboxylic acids is 2. The van der Waals surface area contributed by atoms with E-state index in [1.54, 1.807) is 22.7 Å². The lowest BCUT2D eigenvalue weighted by Crippen LogP contribution is -2.50. The number of thiophene rings is 2. The van der Waals surface area contributed by atoms with Crippen molar-refractivity contribution in [1.29, 1.82) is 0 Å². The number of hydrogen-bond acceptors (Lipinski definition) is 4. The largest absolute Gasteiger partial charge is 0.356 e. The molecule has 1 fully saturated rings. The van der Waals surface area contributed by atoms with E-state index in [2.05, 4.69) is 59.7 Å². The van der Waals surface area contributed by atoms with Crippen LogP contribution >= 0.6 is 22.7 Å². The van der Waals surface area contributed by atoms with Crippen LogP contribution in [0, 0.1) is 10.8 Å². The van der Waals surface area contributed by atoms with Gasteiger partial charge < -0.3 is 10.6 Å². The molecule has 2 aromatic heterocycles. The van der Waals surface area contributed by atoms with Crippen LogP contribution < -0.4 is 10.6 Å². The van der Waals surface area contributed by atoms with Crippen molar-refractivity contribution in [3.8, 4) is 0 Å². The summed E-state index contributed by atoms with van der Waals surface area (Å²) in [6, 6.07) is 4.32. The Balaban J connectivity index is 1.48. The molecule has 2 atom stereocenters. The number of nitrogens with one attached hydrogen (secondary N) is 2. The zero-order chi connectivity index (χ0) is 21.6. The Morgan fingerprint density at radius 3 is 2.13 bits per heavy atom. The quantitative estimate of drug-likeness (QED) is 0.557. The predicted molar refractivity (Wildman–Crippen MR) is 126 cm³/mol. The van der Waals surface area contributed by atoms with E-state index in [0.717, 1.165) is 32.1 Å². The highest BCUT2D eigenvalue weighted by molar-refractivity contribution is 7.08. The third-order valence-corrected chi connectivity index (χ3v) is 7.43. The normalized spacial score (nSPS) is 23.1. The summed E-state index contributed by atoms with van der Waals surface area (Å²) in [5.74, 6) is 0.244. The van der Waals surface area contributed by atoms with Gasteiger partial charge in [0.15, 0.2) is 0 Å². The van der Waals surface area contributed by atoms with E-state index >= 15 is 0 Å². The van der Waals surface area contributed by atoms with Crippen LogP contribution in [-0.2, 0) is 22.4 Å². The van der Waals surface area contributed by atoms with Crippen molar-refractivity contribution >= 4 is 34.5 Å². The molecule has 0 bridgehead atoms. The van der Waals surface area contributed by atoms with Crippen molar-refractivity contribution in [1.82, 2.24) is 10.6 Å². The summed E-state index contributed by atoms with van der Waals surface area (Å²) in [4.78, 5) is 24.9. The van der Waals surface area contributed by atoms with Gasteiger partial charge in [-0.15, -0.1) is 0 Å². The Bertz CT molecular complexity index is 814. The van der Waals surface area contributed by atoms with Crippen LogP contribution in [-0.4, -0.2) is 24.4 Å². The molecule has 2 amide bonds. The molecule has 2 aromatic rings. The molecule has 2 N–H and O–H groups in total. The van der Waals surface area contributed by atoms with Crippen molar-refractivity contribution in [2.45, 2.75) is 71.8 Å². The van der Waals surface area contributed by atoms with Crippen molar-refractivity contribution in [3.63, 3.8) is 0 Å². The van der Waals surface area contributed by atoms with Crippen molar-refractivity contribution in [2.75, 3.05) is 6.54 Å². The summed E-state index contributed by atoms with van der Waals surface area (Å²) in [7, 11) is 0. The topological polar surface area (TPSA) is 58.2 Å². The van der Waals surface area contributed by atoms with Crippen molar-refractivity contribution < 1.29 is 9.59 Å². The first-order chi connectivity index (χ1) is 14.2. The maximum absolute atomic E-state index is 12.5. The summed E-state index contributed by atoms with van der Waals surface area (Å²) < 4.78 is 0. The molecule has 1 aliphatic carbocycles. The zero-order valence-corrected chi connectivity index (χ0v) is 20.0. The van der Waals surface area contributed by atoms with Crippen LogP contribution in [0.4, 0.5) is 0 Å². The van der Waals surface area contributed by atoms with Gasteiger partial charge in [0.2, 0.25) is 11.8 Å².